The predicted molar refractivity (Wildman–Crippen MR) is 99.6 cm³/mol. The highest BCUT2D eigenvalue weighted by atomic mass is 15.1. The van der Waals surface area contributed by atoms with E-state index in [0.717, 1.165) is 6.54 Å². The molecule has 0 N–H and O–H groups in total. The van der Waals surface area contributed by atoms with Crippen molar-refractivity contribution in [2.75, 3.05) is 13.6 Å². The SMILES string of the molecule is Cc1cc2c3c(c1)c1c(n3C(c3ccccc3)CC2)CCN(C)C1. The summed E-state index contributed by atoms with van der Waals surface area (Å²) in [5.41, 5.74) is 9.09. The fourth-order valence-corrected chi connectivity index (χ4v) is 4.84. The Labute approximate surface area is 143 Å². The number of hydrogen-bond acceptors (Lipinski definition) is 1. The van der Waals surface area contributed by atoms with Crippen molar-refractivity contribution in [3.05, 3.63) is 70.4 Å². The number of benzene rings is 2. The summed E-state index contributed by atoms with van der Waals surface area (Å²) in [7, 11) is 2.25. The normalized spacial score (nSPS) is 20.3. The summed E-state index contributed by atoms with van der Waals surface area (Å²) in [5, 5.41) is 1.51. The summed E-state index contributed by atoms with van der Waals surface area (Å²) in [6, 6.07) is 16.4. The van der Waals surface area contributed by atoms with E-state index in [1.165, 1.54) is 47.8 Å². The van der Waals surface area contributed by atoms with Gasteiger partial charge in [0.1, 0.15) is 0 Å². The van der Waals surface area contributed by atoms with Crippen LogP contribution in [0.3, 0.4) is 0 Å². The molecule has 122 valence electrons. The van der Waals surface area contributed by atoms with Gasteiger partial charge in [-0.25, -0.2) is 0 Å². The van der Waals surface area contributed by atoms with Gasteiger partial charge in [-0.15, -0.1) is 0 Å². The van der Waals surface area contributed by atoms with Crippen LogP contribution in [0.25, 0.3) is 10.9 Å². The molecule has 0 saturated heterocycles. The third-order valence-corrected chi connectivity index (χ3v) is 5.88. The molecule has 0 amide bonds. The standard InChI is InChI=1S/C22H24N2/c1-15-12-17-8-9-20(16-6-4-3-5-7-16)24-21-10-11-23(2)14-19(21)18(13-15)22(17)24/h3-7,12-13,20H,8-11,14H2,1-2H3. The second kappa shape index (κ2) is 5.22. The Bertz CT molecular complexity index is 920. The molecule has 2 aliphatic rings. The average molecular weight is 316 g/mol. The maximum absolute atomic E-state index is 2.70. The molecule has 0 fully saturated rings. The van der Waals surface area contributed by atoms with Gasteiger partial charge in [-0.1, -0.05) is 42.0 Å². The Morgan fingerprint density at radius 3 is 2.71 bits per heavy atom. The zero-order valence-electron chi connectivity index (χ0n) is 14.5. The first-order valence-electron chi connectivity index (χ1n) is 9.11. The van der Waals surface area contributed by atoms with E-state index in [-0.39, 0.29) is 0 Å². The molecule has 0 radical (unpaired) electrons. The van der Waals surface area contributed by atoms with E-state index in [1.54, 1.807) is 16.8 Å². The fraction of sp³-hybridized carbons (Fsp3) is 0.364. The summed E-state index contributed by atoms with van der Waals surface area (Å²) in [4.78, 5) is 2.46. The van der Waals surface area contributed by atoms with Crippen LogP contribution in [0.2, 0.25) is 0 Å². The third kappa shape index (κ3) is 1.99. The van der Waals surface area contributed by atoms with E-state index in [4.69, 9.17) is 0 Å². The van der Waals surface area contributed by atoms with Crippen LogP contribution >= 0.6 is 0 Å². The van der Waals surface area contributed by atoms with E-state index >= 15 is 0 Å². The monoisotopic (exact) mass is 316 g/mol. The molecule has 1 atom stereocenters. The minimum absolute atomic E-state index is 0.496. The molecule has 0 spiro atoms. The lowest BCUT2D eigenvalue weighted by atomic mass is 9.93. The molecule has 0 bridgehead atoms. The summed E-state index contributed by atoms with van der Waals surface area (Å²) in [5.74, 6) is 0. The average Bonchev–Trinajstić information content (AvgIpc) is 2.91. The Kier molecular flexibility index (Phi) is 3.11. The lowest BCUT2D eigenvalue weighted by Crippen LogP contribution is -2.28. The van der Waals surface area contributed by atoms with Gasteiger partial charge in [0.15, 0.2) is 0 Å². The molecule has 3 aromatic rings. The van der Waals surface area contributed by atoms with Crippen molar-refractivity contribution in [2.24, 2.45) is 0 Å². The van der Waals surface area contributed by atoms with Crippen molar-refractivity contribution in [3.63, 3.8) is 0 Å². The second-order valence-electron chi connectivity index (χ2n) is 7.57. The van der Waals surface area contributed by atoms with Gasteiger partial charge < -0.3 is 9.47 Å². The molecule has 0 saturated carbocycles. The Morgan fingerprint density at radius 2 is 1.88 bits per heavy atom. The van der Waals surface area contributed by atoms with Crippen LogP contribution in [-0.4, -0.2) is 23.1 Å². The van der Waals surface area contributed by atoms with Crippen LogP contribution in [0.4, 0.5) is 0 Å². The maximum Gasteiger partial charge on any atom is 0.0592 e. The Balaban J connectivity index is 1.82. The van der Waals surface area contributed by atoms with Crippen molar-refractivity contribution in [3.8, 4) is 0 Å². The first kappa shape index (κ1) is 14.3. The molecular weight excluding hydrogens is 292 g/mol. The smallest absolute Gasteiger partial charge is 0.0592 e. The first-order chi connectivity index (χ1) is 11.7. The van der Waals surface area contributed by atoms with Gasteiger partial charge in [0, 0.05) is 30.6 Å². The predicted octanol–water partition coefficient (Wildman–Crippen LogP) is 4.47. The van der Waals surface area contributed by atoms with E-state index in [1.807, 2.05) is 0 Å². The van der Waals surface area contributed by atoms with E-state index in [2.05, 4.69) is 65.9 Å². The molecule has 24 heavy (non-hydrogen) atoms. The lowest BCUT2D eigenvalue weighted by Gasteiger charge is -2.30. The van der Waals surface area contributed by atoms with Crippen molar-refractivity contribution in [1.82, 2.24) is 9.47 Å². The second-order valence-corrected chi connectivity index (χ2v) is 7.57. The number of rotatable bonds is 1. The van der Waals surface area contributed by atoms with Crippen molar-refractivity contribution >= 4 is 10.9 Å². The highest BCUT2D eigenvalue weighted by Crippen LogP contribution is 2.42. The van der Waals surface area contributed by atoms with E-state index in [9.17, 15) is 0 Å². The number of fused-ring (bicyclic) bond motifs is 3. The van der Waals surface area contributed by atoms with Gasteiger partial charge in [-0.05, 0) is 49.6 Å². The van der Waals surface area contributed by atoms with Crippen LogP contribution in [0.1, 0.15) is 40.4 Å². The van der Waals surface area contributed by atoms with Gasteiger partial charge in [0.05, 0.1) is 11.6 Å². The molecule has 2 aliphatic heterocycles. The zero-order chi connectivity index (χ0) is 16.3. The lowest BCUT2D eigenvalue weighted by molar-refractivity contribution is 0.307. The quantitative estimate of drug-likeness (QED) is 0.643. The van der Waals surface area contributed by atoms with Crippen molar-refractivity contribution in [2.45, 2.75) is 38.8 Å². The number of aromatic nitrogens is 1. The molecule has 2 aromatic carbocycles. The molecule has 3 heterocycles. The molecule has 2 heteroatoms. The minimum Gasteiger partial charge on any atom is -0.336 e. The topological polar surface area (TPSA) is 8.17 Å². The van der Waals surface area contributed by atoms with Gasteiger partial charge in [0.25, 0.3) is 0 Å². The molecule has 1 aromatic heterocycles. The van der Waals surface area contributed by atoms with Crippen LogP contribution < -0.4 is 0 Å². The molecule has 5 rings (SSSR count). The first-order valence-corrected chi connectivity index (χ1v) is 9.11. The van der Waals surface area contributed by atoms with Gasteiger partial charge >= 0.3 is 0 Å². The highest BCUT2D eigenvalue weighted by Gasteiger charge is 2.30. The summed E-state index contributed by atoms with van der Waals surface area (Å²) in [6.07, 6.45) is 3.57. The molecule has 2 nitrogen and oxygen atoms in total. The van der Waals surface area contributed by atoms with E-state index in [0.29, 0.717) is 6.04 Å². The molecule has 0 aliphatic carbocycles. The largest absolute Gasteiger partial charge is 0.336 e. The van der Waals surface area contributed by atoms with Crippen LogP contribution in [0.15, 0.2) is 42.5 Å². The van der Waals surface area contributed by atoms with E-state index < -0.39 is 0 Å². The Hall–Kier alpha value is -2.06. The number of hydrogen-bond donors (Lipinski definition) is 0. The fourth-order valence-electron chi connectivity index (χ4n) is 4.84. The maximum atomic E-state index is 2.70. The van der Waals surface area contributed by atoms with Gasteiger partial charge in [-0.3, -0.25) is 0 Å². The minimum atomic E-state index is 0.496. The van der Waals surface area contributed by atoms with Crippen molar-refractivity contribution in [1.29, 1.82) is 0 Å². The van der Waals surface area contributed by atoms with Gasteiger partial charge in [-0.2, -0.15) is 0 Å². The number of aryl methyl sites for hydroxylation is 2. The van der Waals surface area contributed by atoms with Crippen LogP contribution in [-0.2, 0) is 19.4 Å². The summed E-state index contributed by atoms with van der Waals surface area (Å²) in [6.45, 7) is 4.50. The molecule has 1 unspecified atom stereocenters. The summed E-state index contributed by atoms with van der Waals surface area (Å²) < 4.78 is 2.70. The van der Waals surface area contributed by atoms with Gasteiger partial charge in [0.2, 0.25) is 0 Å². The van der Waals surface area contributed by atoms with Crippen LogP contribution in [0.5, 0.6) is 0 Å². The zero-order valence-corrected chi connectivity index (χ0v) is 14.5. The van der Waals surface area contributed by atoms with Crippen molar-refractivity contribution < 1.29 is 0 Å². The molecular formula is C22H24N2. The summed E-state index contributed by atoms with van der Waals surface area (Å²) >= 11 is 0. The third-order valence-electron chi connectivity index (χ3n) is 5.88. The van der Waals surface area contributed by atoms with Crippen LogP contribution in [0, 0.1) is 6.92 Å². The highest BCUT2D eigenvalue weighted by molar-refractivity contribution is 5.90. The Morgan fingerprint density at radius 1 is 1.04 bits per heavy atom. The number of nitrogens with zero attached hydrogens (tertiary/aromatic N) is 2. The number of likely N-dealkylation sites (N-methyl/N-ethyl adjacent to an activating group) is 1.